The fourth-order valence-corrected chi connectivity index (χ4v) is 4.83. The number of hydrogen-bond donors (Lipinski definition) is 1. The number of nitrogens with zero attached hydrogens (tertiary/aromatic N) is 1. The van der Waals surface area contributed by atoms with Crippen LogP contribution in [0.5, 0.6) is 5.75 Å². The summed E-state index contributed by atoms with van der Waals surface area (Å²) in [6.45, 7) is 4.30. The summed E-state index contributed by atoms with van der Waals surface area (Å²) in [5.41, 5.74) is 11.2. The Morgan fingerprint density at radius 1 is 0.921 bits per heavy atom. The van der Waals surface area contributed by atoms with Crippen molar-refractivity contribution < 1.29 is 23.9 Å². The molecule has 2 heterocycles. The Balaban J connectivity index is 1.79. The number of aromatic nitrogens is 1. The Hall–Kier alpha value is -4.39. The minimum absolute atomic E-state index is 0.229. The van der Waals surface area contributed by atoms with Crippen LogP contribution in [0.3, 0.4) is 0 Å². The average Bonchev–Trinajstić information content (AvgIpc) is 3.25. The number of primary amides is 1. The molecule has 0 aliphatic carbocycles. The average molecular weight is 513 g/mol. The van der Waals surface area contributed by atoms with Crippen LogP contribution in [0.1, 0.15) is 53.9 Å². The van der Waals surface area contributed by atoms with Crippen molar-refractivity contribution >= 4 is 23.2 Å². The first-order valence-electron chi connectivity index (χ1n) is 12.9. The molecular weight excluding hydrogens is 480 g/mol. The van der Waals surface area contributed by atoms with Crippen LogP contribution < -0.4 is 10.5 Å². The van der Waals surface area contributed by atoms with Crippen molar-refractivity contribution in [1.29, 1.82) is 0 Å². The zero-order chi connectivity index (χ0) is 27.1. The molecule has 2 aromatic carbocycles. The van der Waals surface area contributed by atoms with Gasteiger partial charge in [-0.05, 0) is 54.2 Å². The molecule has 2 N–H and O–H groups in total. The molecule has 7 nitrogen and oxygen atoms in total. The topological polar surface area (TPSA) is 100 Å². The number of pyridine rings is 1. The highest BCUT2D eigenvalue weighted by Crippen LogP contribution is 2.35. The molecule has 0 spiro atoms. The second-order valence-corrected chi connectivity index (χ2v) is 8.90. The van der Waals surface area contributed by atoms with Crippen LogP contribution in [0.4, 0.5) is 0 Å². The number of carbonyl (C=O) groups excluding carboxylic acids is 3. The van der Waals surface area contributed by atoms with Crippen LogP contribution >= 0.6 is 0 Å². The van der Waals surface area contributed by atoms with Gasteiger partial charge in [0.25, 0.3) is 11.7 Å². The van der Waals surface area contributed by atoms with Crippen LogP contribution in [0, 0.1) is 0 Å². The lowest BCUT2D eigenvalue weighted by atomic mass is 9.94. The van der Waals surface area contributed by atoms with Gasteiger partial charge in [0.2, 0.25) is 0 Å². The fraction of sp³-hybridized carbons (Fsp3) is 0.258. The van der Waals surface area contributed by atoms with E-state index in [1.165, 1.54) is 0 Å². The summed E-state index contributed by atoms with van der Waals surface area (Å²) in [5.74, 6) is -1.59. The van der Waals surface area contributed by atoms with E-state index in [1.807, 2.05) is 53.9 Å². The summed E-state index contributed by atoms with van der Waals surface area (Å²) >= 11 is 0. The van der Waals surface area contributed by atoms with Gasteiger partial charge in [0.05, 0.1) is 24.3 Å². The summed E-state index contributed by atoms with van der Waals surface area (Å²) in [5, 5.41) is 0. The van der Waals surface area contributed by atoms with E-state index < -0.39 is 11.7 Å². The molecule has 0 atom stereocenters. The number of rotatable bonds is 12. The second-order valence-electron chi connectivity index (χ2n) is 8.90. The molecule has 1 amide bonds. The van der Waals surface area contributed by atoms with Crippen LogP contribution in [0.15, 0.2) is 72.9 Å². The minimum atomic E-state index is -1.01. The monoisotopic (exact) mass is 512 g/mol. The zero-order valence-electron chi connectivity index (χ0n) is 21.7. The predicted molar refractivity (Wildman–Crippen MR) is 146 cm³/mol. The number of Topliss-reactive ketones (excluding diaryl/α,β-unsaturated/α-hetero) is 1. The molecule has 4 aromatic rings. The van der Waals surface area contributed by atoms with Gasteiger partial charge in [-0.1, -0.05) is 61.5 Å². The van der Waals surface area contributed by atoms with E-state index in [-0.39, 0.29) is 24.6 Å². The molecule has 7 heteroatoms. The summed E-state index contributed by atoms with van der Waals surface area (Å²) < 4.78 is 12.9. The number of hydrogen-bond acceptors (Lipinski definition) is 5. The molecule has 0 saturated carbocycles. The lowest BCUT2D eigenvalue weighted by molar-refractivity contribution is -0.143. The van der Waals surface area contributed by atoms with E-state index in [1.54, 1.807) is 13.0 Å². The molecule has 0 unspecified atom stereocenters. The maximum Gasteiger partial charge on any atom is 0.305 e. The minimum Gasteiger partial charge on any atom is -0.491 e. The van der Waals surface area contributed by atoms with E-state index in [0.717, 1.165) is 27.9 Å². The third-order valence-corrected chi connectivity index (χ3v) is 6.49. The van der Waals surface area contributed by atoms with Crippen LogP contribution in [0.2, 0.25) is 0 Å². The highest BCUT2D eigenvalue weighted by Gasteiger charge is 2.28. The summed E-state index contributed by atoms with van der Waals surface area (Å²) in [4.78, 5) is 36.9. The molecule has 0 fully saturated rings. The van der Waals surface area contributed by atoms with Gasteiger partial charge in [0, 0.05) is 24.7 Å². The van der Waals surface area contributed by atoms with Gasteiger partial charge in [0.15, 0.2) is 0 Å². The molecule has 196 valence electrons. The van der Waals surface area contributed by atoms with Crippen LogP contribution in [-0.2, 0) is 27.2 Å². The Bertz CT molecular complexity index is 1460. The summed E-state index contributed by atoms with van der Waals surface area (Å²) in [6.07, 6.45) is 3.62. The standard InChI is InChI=1S/C31H32N2O5/c1-3-23-25(20-22-14-8-9-15-24(22)21-12-6-5-7-13-21)33-18-10-16-26(29(33)28(23)30(35)31(32)36)38-19-11-17-27(34)37-4-2/h5-10,12-16,18H,3-4,11,17,19-20H2,1-2H3,(H2,32,36). The van der Waals surface area contributed by atoms with Gasteiger partial charge in [-0.2, -0.15) is 0 Å². The third-order valence-electron chi connectivity index (χ3n) is 6.49. The molecule has 0 radical (unpaired) electrons. The van der Waals surface area contributed by atoms with Crippen molar-refractivity contribution in [1.82, 2.24) is 4.40 Å². The Kier molecular flexibility index (Phi) is 8.58. The maximum atomic E-state index is 13.1. The zero-order valence-corrected chi connectivity index (χ0v) is 21.7. The van der Waals surface area contributed by atoms with Crippen molar-refractivity contribution in [3.8, 4) is 16.9 Å². The van der Waals surface area contributed by atoms with Crippen molar-refractivity contribution in [3.05, 3.63) is 95.3 Å². The number of amides is 1. The molecule has 4 rings (SSSR count). The van der Waals surface area contributed by atoms with E-state index >= 15 is 0 Å². The number of carbonyl (C=O) groups is 3. The number of esters is 1. The number of ether oxygens (including phenoxy) is 2. The van der Waals surface area contributed by atoms with Crippen molar-refractivity contribution in [3.63, 3.8) is 0 Å². The van der Waals surface area contributed by atoms with Gasteiger partial charge >= 0.3 is 5.97 Å². The highest BCUT2D eigenvalue weighted by atomic mass is 16.5. The van der Waals surface area contributed by atoms with Gasteiger partial charge < -0.3 is 19.6 Å². The first-order chi connectivity index (χ1) is 18.5. The van der Waals surface area contributed by atoms with E-state index in [9.17, 15) is 14.4 Å². The summed E-state index contributed by atoms with van der Waals surface area (Å²) in [6, 6.07) is 21.9. The number of benzene rings is 2. The summed E-state index contributed by atoms with van der Waals surface area (Å²) in [7, 11) is 0. The van der Waals surface area contributed by atoms with Gasteiger partial charge in [-0.3, -0.25) is 14.4 Å². The highest BCUT2D eigenvalue weighted by molar-refractivity contribution is 6.44. The molecule has 0 bridgehead atoms. The molecule has 0 aliphatic heterocycles. The van der Waals surface area contributed by atoms with E-state index in [2.05, 4.69) is 24.3 Å². The van der Waals surface area contributed by atoms with Gasteiger partial charge in [-0.15, -0.1) is 0 Å². The van der Waals surface area contributed by atoms with Crippen molar-refractivity contribution in [2.75, 3.05) is 13.2 Å². The number of nitrogens with two attached hydrogens (primary N) is 1. The Labute approximate surface area is 222 Å². The fourth-order valence-electron chi connectivity index (χ4n) is 4.83. The Morgan fingerprint density at radius 2 is 1.66 bits per heavy atom. The van der Waals surface area contributed by atoms with Gasteiger partial charge in [-0.25, -0.2) is 0 Å². The van der Waals surface area contributed by atoms with Crippen molar-refractivity contribution in [2.24, 2.45) is 5.73 Å². The first-order valence-corrected chi connectivity index (χ1v) is 12.9. The molecule has 0 aliphatic rings. The van der Waals surface area contributed by atoms with Crippen LogP contribution in [-0.4, -0.2) is 35.3 Å². The van der Waals surface area contributed by atoms with Gasteiger partial charge in [0.1, 0.15) is 5.75 Å². The predicted octanol–water partition coefficient (Wildman–Crippen LogP) is 5.15. The lowest BCUT2D eigenvalue weighted by Gasteiger charge is -2.12. The van der Waals surface area contributed by atoms with E-state index in [0.29, 0.717) is 37.1 Å². The largest absolute Gasteiger partial charge is 0.491 e. The molecule has 38 heavy (non-hydrogen) atoms. The molecule has 0 saturated heterocycles. The maximum absolute atomic E-state index is 13.1. The number of ketones is 1. The quantitative estimate of drug-likeness (QED) is 0.122. The SMILES string of the molecule is CCOC(=O)CCCOc1cccn2c(Cc3ccccc3-c3ccccc3)c(CC)c(C(=O)C(N)=O)c12. The molecule has 2 aromatic heterocycles. The van der Waals surface area contributed by atoms with Crippen LogP contribution in [0.25, 0.3) is 16.6 Å². The first kappa shape index (κ1) is 26.7. The number of fused-ring (bicyclic) bond motifs is 1. The lowest BCUT2D eigenvalue weighted by Crippen LogP contribution is -2.24. The smallest absolute Gasteiger partial charge is 0.305 e. The van der Waals surface area contributed by atoms with Crippen molar-refractivity contribution in [2.45, 2.75) is 39.5 Å². The third kappa shape index (κ3) is 5.62. The van der Waals surface area contributed by atoms with E-state index in [4.69, 9.17) is 15.2 Å². The molecular formula is C31H32N2O5. The second kappa shape index (κ2) is 12.2. The normalized spacial score (nSPS) is 10.9. The Morgan fingerprint density at radius 3 is 2.37 bits per heavy atom.